The molecule has 0 bridgehead atoms. The maximum absolute atomic E-state index is 11.9. The zero-order valence-corrected chi connectivity index (χ0v) is 7.78. The van der Waals surface area contributed by atoms with Crippen molar-refractivity contribution in [2.75, 3.05) is 0 Å². The number of ether oxygens (including phenoxy) is 1. The number of rotatable bonds is 1. The first kappa shape index (κ1) is 11.8. The number of aliphatic hydroxyl groups excluding tert-OH is 1. The van der Waals surface area contributed by atoms with Crippen LogP contribution in [0.5, 0.6) is 0 Å². The maximum Gasteiger partial charge on any atom is 0.471 e. The smallest absolute Gasteiger partial charge is 0.471 e. The topological polar surface area (TPSA) is 58.6 Å². The SMILES string of the molecule is C[C@@H]1OC=C[C@@H](NC(=O)C(F)(F)F)[C@H]1O. The van der Waals surface area contributed by atoms with Crippen molar-refractivity contribution in [1.82, 2.24) is 5.32 Å². The van der Waals surface area contributed by atoms with Crippen molar-refractivity contribution < 1.29 is 27.8 Å². The molecule has 1 aliphatic rings. The molecule has 0 aromatic carbocycles. The number of hydrogen-bond acceptors (Lipinski definition) is 3. The van der Waals surface area contributed by atoms with Crippen LogP contribution in [0.1, 0.15) is 6.92 Å². The van der Waals surface area contributed by atoms with E-state index in [1.54, 1.807) is 5.32 Å². The van der Waals surface area contributed by atoms with Crippen molar-refractivity contribution in [3.05, 3.63) is 12.3 Å². The highest BCUT2D eigenvalue weighted by Gasteiger charge is 2.41. The standard InChI is InChI=1S/C8H10F3NO3/c1-4-6(13)5(2-3-15-4)12-7(14)8(9,10)11/h2-6,13H,1H3,(H,12,14)/t4-,5+,6-/m0/s1. The number of halogens is 3. The fraction of sp³-hybridized carbons (Fsp3) is 0.625. The van der Waals surface area contributed by atoms with E-state index in [4.69, 9.17) is 4.74 Å². The van der Waals surface area contributed by atoms with Crippen molar-refractivity contribution >= 4 is 5.91 Å². The Hall–Kier alpha value is -1.24. The lowest BCUT2D eigenvalue weighted by atomic mass is 10.0. The Balaban J connectivity index is 2.62. The molecule has 0 aliphatic carbocycles. The predicted octanol–water partition coefficient (Wildman–Crippen LogP) is 0.327. The van der Waals surface area contributed by atoms with Gasteiger partial charge < -0.3 is 15.2 Å². The highest BCUT2D eigenvalue weighted by Crippen LogP contribution is 2.17. The zero-order valence-electron chi connectivity index (χ0n) is 7.78. The quantitative estimate of drug-likeness (QED) is 0.676. The summed E-state index contributed by atoms with van der Waals surface area (Å²) in [5.74, 6) is -2.08. The summed E-state index contributed by atoms with van der Waals surface area (Å²) in [7, 11) is 0. The van der Waals surface area contributed by atoms with E-state index in [2.05, 4.69) is 0 Å². The Morgan fingerprint density at radius 1 is 1.53 bits per heavy atom. The Morgan fingerprint density at radius 2 is 2.13 bits per heavy atom. The highest BCUT2D eigenvalue weighted by molar-refractivity contribution is 5.82. The molecule has 86 valence electrons. The molecule has 3 atom stereocenters. The van der Waals surface area contributed by atoms with E-state index in [1.807, 2.05) is 0 Å². The Labute approximate surface area is 83.7 Å². The van der Waals surface area contributed by atoms with Crippen molar-refractivity contribution in [2.24, 2.45) is 0 Å². The predicted molar refractivity (Wildman–Crippen MR) is 43.7 cm³/mol. The van der Waals surface area contributed by atoms with Crippen LogP contribution in [-0.4, -0.2) is 35.4 Å². The molecule has 1 amide bonds. The molecule has 0 spiro atoms. The molecule has 15 heavy (non-hydrogen) atoms. The minimum absolute atomic E-state index is 0.659. The van der Waals surface area contributed by atoms with E-state index in [0.29, 0.717) is 0 Å². The van der Waals surface area contributed by atoms with Gasteiger partial charge in [0, 0.05) is 0 Å². The summed E-state index contributed by atoms with van der Waals surface area (Å²) in [6.45, 7) is 1.49. The van der Waals surface area contributed by atoms with Gasteiger partial charge in [0.05, 0.1) is 12.3 Å². The van der Waals surface area contributed by atoms with Crippen molar-refractivity contribution in [3.63, 3.8) is 0 Å². The summed E-state index contributed by atoms with van der Waals surface area (Å²) >= 11 is 0. The van der Waals surface area contributed by atoms with Crippen LogP contribution in [0.15, 0.2) is 12.3 Å². The van der Waals surface area contributed by atoms with E-state index in [0.717, 1.165) is 12.3 Å². The van der Waals surface area contributed by atoms with Crippen LogP contribution >= 0.6 is 0 Å². The van der Waals surface area contributed by atoms with E-state index < -0.39 is 30.3 Å². The minimum Gasteiger partial charge on any atom is -0.496 e. The summed E-state index contributed by atoms with van der Waals surface area (Å²) in [6, 6.07) is -1.08. The minimum atomic E-state index is -4.95. The van der Waals surface area contributed by atoms with E-state index >= 15 is 0 Å². The van der Waals surface area contributed by atoms with Crippen LogP contribution in [0.3, 0.4) is 0 Å². The third kappa shape index (κ3) is 2.85. The molecule has 0 saturated carbocycles. The summed E-state index contributed by atoms with van der Waals surface area (Å²) in [6.07, 6.45) is -4.49. The van der Waals surface area contributed by atoms with Gasteiger partial charge >= 0.3 is 12.1 Å². The average Bonchev–Trinajstić information content (AvgIpc) is 2.11. The number of nitrogens with one attached hydrogen (secondary N) is 1. The maximum atomic E-state index is 11.9. The Kier molecular flexibility index (Phi) is 3.23. The zero-order chi connectivity index (χ0) is 11.6. The molecule has 0 unspecified atom stereocenters. The first-order valence-corrected chi connectivity index (χ1v) is 4.20. The number of aliphatic hydroxyl groups is 1. The molecule has 1 heterocycles. The average molecular weight is 225 g/mol. The van der Waals surface area contributed by atoms with Gasteiger partial charge in [-0.2, -0.15) is 13.2 Å². The highest BCUT2D eigenvalue weighted by atomic mass is 19.4. The van der Waals surface area contributed by atoms with Gasteiger partial charge in [0.15, 0.2) is 0 Å². The van der Waals surface area contributed by atoms with Crippen LogP contribution in [-0.2, 0) is 9.53 Å². The third-order valence-electron chi connectivity index (χ3n) is 1.98. The molecule has 2 N–H and O–H groups in total. The molecule has 1 aliphatic heterocycles. The monoisotopic (exact) mass is 225 g/mol. The van der Waals surface area contributed by atoms with Gasteiger partial charge in [-0.1, -0.05) is 0 Å². The van der Waals surface area contributed by atoms with E-state index in [1.165, 1.54) is 6.92 Å². The van der Waals surface area contributed by atoms with Gasteiger partial charge in [-0.05, 0) is 13.0 Å². The van der Waals surface area contributed by atoms with Crippen LogP contribution in [0.2, 0.25) is 0 Å². The molecular weight excluding hydrogens is 215 g/mol. The van der Waals surface area contributed by atoms with Crippen LogP contribution in [0, 0.1) is 0 Å². The lowest BCUT2D eigenvalue weighted by Gasteiger charge is -2.29. The van der Waals surface area contributed by atoms with Gasteiger partial charge in [0.25, 0.3) is 0 Å². The second kappa shape index (κ2) is 4.09. The molecule has 0 radical (unpaired) electrons. The fourth-order valence-corrected chi connectivity index (χ4v) is 1.11. The van der Waals surface area contributed by atoms with Crippen LogP contribution in [0.4, 0.5) is 13.2 Å². The van der Waals surface area contributed by atoms with Crippen LogP contribution < -0.4 is 5.32 Å². The summed E-state index contributed by atoms with van der Waals surface area (Å²) in [5.41, 5.74) is 0. The van der Waals surface area contributed by atoms with Crippen molar-refractivity contribution in [2.45, 2.75) is 31.3 Å². The molecule has 0 fully saturated rings. The van der Waals surface area contributed by atoms with E-state index in [9.17, 15) is 23.1 Å². The fourth-order valence-electron chi connectivity index (χ4n) is 1.11. The number of hydrogen-bond donors (Lipinski definition) is 2. The lowest BCUT2D eigenvalue weighted by Crippen LogP contribution is -2.52. The number of alkyl halides is 3. The largest absolute Gasteiger partial charge is 0.496 e. The first-order valence-electron chi connectivity index (χ1n) is 4.20. The van der Waals surface area contributed by atoms with Crippen molar-refractivity contribution in [3.8, 4) is 0 Å². The van der Waals surface area contributed by atoms with E-state index in [-0.39, 0.29) is 0 Å². The molecule has 1 rings (SSSR count). The molecule has 0 aromatic heterocycles. The lowest BCUT2D eigenvalue weighted by molar-refractivity contribution is -0.175. The summed E-state index contributed by atoms with van der Waals surface area (Å²) < 4.78 is 40.5. The van der Waals surface area contributed by atoms with Gasteiger partial charge in [0.2, 0.25) is 0 Å². The number of amides is 1. The summed E-state index contributed by atoms with van der Waals surface area (Å²) in [4.78, 5) is 10.6. The van der Waals surface area contributed by atoms with Gasteiger partial charge in [-0.3, -0.25) is 4.79 Å². The number of carbonyl (C=O) groups is 1. The normalized spacial score (nSPS) is 30.9. The summed E-state index contributed by atoms with van der Waals surface area (Å²) in [5, 5.41) is 11.1. The second-order valence-electron chi connectivity index (χ2n) is 3.16. The molecule has 4 nitrogen and oxygen atoms in total. The Bertz CT molecular complexity index is 277. The van der Waals surface area contributed by atoms with Gasteiger partial charge in [-0.25, -0.2) is 0 Å². The Morgan fingerprint density at radius 3 is 2.67 bits per heavy atom. The van der Waals surface area contributed by atoms with Crippen LogP contribution in [0.25, 0.3) is 0 Å². The first-order chi connectivity index (χ1) is 6.82. The third-order valence-corrected chi connectivity index (χ3v) is 1.98. The van der Waals surface area contributed by atoms with Gasteiger partial charge in [-0.15, -0.1) is 0 Å². The molecular formula is C8H10F3NO3. The molecule has 7 heteroatoms. The van der Waals surface area contributed by atoms with Gasteiger partial charge in [0.1, 0.15) is 12.2 Å². The molecule has 0 aromatic rings. The van der Waals surface area contributed by atoms with Crippen molar-refractivity contribution in [1.29, 1.82) is 0 Å². The second-order valence-corrected chi connectivity index (χ2v) is 3.16. The molecule has 0 saturated heterocycles. The number of carbonyl (C=O) groups excluding carboxylic acids is 1.